The first-order chi connectivity index (χ1) is 9.54. The van der Waals surface area contributed by atoms with Crippen LogP contribution in [-0.4, -0.2) is 36.2 Å². The second-order valence-corrected chi connectivity index (χ2v) is 4.90. The zero-order chi connectivity index (χ0) is 14.7. The minimum absolute atomic E-state index is 0.526. The van der Waals surface area contributed by atoms with Crippen molar-refractivity contribution in [3.05, 3.63) is 42.0 Å². The van der Waals surface area contributed by atoms with Gasteiger partial charge in [-0.25, -0.2) is 0 Å². The molecule has 0 aromatic heterocycles. The van der Waals surface area contributed by atoms with Gasteiger partial charge in [0.25, 0.3) is 0 Å². The summed E-state index contributed by atoms with van der Waals surface area (Å²) in [6.45, 7) is 2.21. The molecule has 0 fully saturated rings. The molecule has 1 atom stereocenters. The standard InChI is InChI=1S/C16H19NO3/c1-11(16(18)19)17(2)10-14-13-7-5-4-6-12(13)8-9-15(14)20-3/h4-9,11H,10H2,1-3H3,(H,18,19). The average molecular weight is 273 g/mol. The molecule has 0 aliphatic carbocycles. The highest BCUT2D eigenvalue weighted by Gasteiger charge is 2.19. The van der Waals surface area contributed by atoms with Crippen molar-refractivity contribution in [1.82, 2.24) is 4.90 Å². The quantitative estimate of drug-likeness (QED) is 0.910. The summed E-state index contributed by atoms with van der Waals surface area (Å²) >= 11 is 0. The first kappa shape index (κ1) is 14.3. The van der Waals surface area contributed by atoms with E-state index in [0.717, 1.165) is 22.1 Å². The van der Waals surface area contributed by atoms with Gasteiger partial charge in [0.05, 0.1) is 7.11 Å². The second-order valence-electron chi connectivity index (χ2n) is 4.90. The topological polar surface area (TPSA) is 49.8 Å². The van der Waals surface area contributed by atoms with Gasteiger partial charge >= 0.3 is 5.97 Å². The lowest BCUT2D eigenvalue weighted by atomic mass is 10.0. The van der Waals surface area contributed by atoms with Crippen LogP contribution in [0.4, 0.5) is 0 Å². The molecular formula is C16H19NO3. The predicted molar refractivity (Wildman–Crippen MR) is 79.1 cm³/mol. The molecule has 2 aromatic rings. The van der Waals surface area contributed by atoms with Crippen molar-refractivity contribution in [2.45, 2.75) is 19.5 Å². The second kappa shape index (κ2) is 5.92. The average Bonchev–Trinajstić information content (AvgIpc) is 2.46. The third-order valence-corrected chi connectivity index (χ3v) is 3.64. The van der Waals surface area contributed by atoms with Gasteiger partial charge in [-0.2, -0.15) is 0 Å². The van der Waals surface area contributed by atoms with E-state index < -0.39 is 12.0 Å². The zero-order valence-electron chi connectivity index (χ0n) is 12.0. The van der Waals surface area contributed by atoms with Crippen molar-refractivity contribution in [1.29, 1.82) is 0 Å². The summed E-state index contributed by atoms with van der Waals surface area (Å²) < 4.78 is 5.42. The normalized spacial score (nSPS) is 12.6. The molecule has 0 amide bonds. The van der Waals surface area contributed by atoms with E-state index in [0.29, 0.717) is 6.54 Å². The van der Waals surface area contributed by atoms with Crippen LogP contribution in [0.15, 0.2) is 36.4 Å². The van der Waals surface area contributed by atoms with Gasteiger partial charge < -0.3 is 9.84 Å². The molecule has 0 aliphatic rings. The maximum absolute atomic E-state index is 11.1. The fourth-order valence-corrected chi connectivity index (χ4v) is 2.25. The molecule has 20 heavy (non-hydrogen) atoms. The van der Waals surface area contributed by atoms with Crippen LogP contribution in [0.3, 0.4) is 0 Å². The van der Waals surface area contributed by atoms with E-state index in [4.69, 9.17) is 9.84 Å². The van der Waals surface area contributed by atoms with Gasteiger partial charge in [-0.15, -0.1) is 0 Å². The summed E-state index contributed by atoms with van der Waals surface area (Å²) in [5.41, 5.74) is 1.02. The number of fused-ring (bicyclic) bond motifs is 1. The fraction of sp³-hybridized carbons (Fsp3) is 0.312. The highest BCUT2D eigenvalue weighted by molar-refractivity contribution is 5.87. The number of hydrogen-bond donors (Lipinski definition) is 1. The summed E-state index contributed by atoms with van der Waals surface area (Å²) in [5.74, 6) is -0.0418. The van der Waals surface area contributed by atoms with Crippen LogP contribution in [0.5, 0.6) is 5.75 Å². The molecule has 4 nitrogen and oxygen atoms in total. The zero-order valence-corrected chi connectivity index (χ0v) is 12.0. The largest absolute Gasteiger partial charge is 0.496 e. The van der Waals surface area contributed by atoms with Crippen LogP contribution in [0, 0.1) is 0 Å². The SMILES string of the molecule is COc1ccc2ccccc2c1CN(C)C(C)C(=O)O. The van der Waals surface area contributed by atoms with Crippen molar-refractivity contribution < 1.29 is 14.6 Å². The van der Waals surface area contributed by atoms with Gasteiger partial charge in [-0.1, -0.05) is 30.3 Å². The molecule has 0 saturated heterocycles. The molecule has 0 heterocycles. The summed E-state index contributed by atoms with van der Waals surface area (Å²) in [7, 11) is 3.44. The van der Waals surface area contributed by atoms with Crippen LogP contribution in [0.1, 0.15) is 12.5 Å². The Morgan fingerprint density at radius 2 is 2.00 bits per heavy atom. The number of aliphatic carboxylic acids is 1. The van der Waals surface area contributed by atoms with Crippen molar-refractivity contribution >= 4 is 16.7 Å². The van der Waals surface area contributed by atoms with E-state index in [-0.39, 0.29) is 0 Å². The highest BCUT2D eigenvalue weighted by atomic mass is 16.5. The van der Waals surface area contributed by atoms with Crippen LogP contribution in [0.25, 0.3) is 10.8 Å². The Bertz CT molecular complexity index is 624. The van der Waals surface area contributed by atoms with Crippen LogP contribution in [0.2, 0.25) is 0 Å². The molecule has 106 valence electrons. The van der Waals surface area contributed by atoms with Gasteiger partial charge in [0, 0.05) is 12.1 Å². The number of ether oxygens (including phenoxy) is 1. The number of nitrogens with zero attached hydrogens (tertiary/aromatic N) is 1. The molecule has 0 saturated carbocycles. The number of likely N-dealkylation sites (N-methyl/N-ethyl adjacent to an activating group) is 1. The van der Waals surface area contributed by atoms with E-state index in [1.807, 2.05) is 36.4 Å². The monoisotopic (exact) mass is 273 g/mol. The van der Waals surface area contributed by atoms with Crippen LogP contribution in [-0.2, 0) is 11.3 Å². The number of carboxylic acids is 1. The Morgan fingerprint density at radius 3 is 2.65 bits per heavy atom. The summed E-state index contributed by atoms with van der Waals surface area (Å²) in [6, 6.07) is 11.4. The Balaban J connectivity index is 2.43. The molecule has 2 rings (SSSR count). The Morgan fingerprint density at radius 1 is 1.30 bits per heavy atom. The molecule has 0 spiro atoms. The Kier molecular flexibility index (Phi) is 4.25. The van der Waals surface area contributed by atoms with E-state index in [2.05, 4.69) is 0 Å². The van der Waals surface area contributed by atoms with E-state index in [1.54, 1.807) is 26.0 Å². The molecule has 0 bridgehead atoms. The third kappa shape index (κ3) is 2.75. The lowest BCUT2D eigenvalue weighted by Gasteiger charge is -2.23. The molecular weight excluding hydrogens is 254 g/mol. The van der Waals surface area contributed by atoms with Crippen molar-refractivity contribution in [3.63, 3.8) is 0 Å². The first-order valence-electron chi connectivity index (χ1n) is 6.52. The van der Waals surface area contributed by atoms with Gasteiger partial charge in [-0.05, 0) is 30.8 Å². The predicted octanol–water partition coefficient (Wildman–Crippen LogP) is 2.75. The van der Waals surface area contributed by atoms with E-state index in [1.165, 1.54) is 0 Å². The number of benzene rings is 2. The van der Waals surface area contributed by atoms with Crippen molar-refractivity contribution in [2.75, 3.05) is 14.2 Å². The highest BCUT2D eigenvalue weighted by Crippen LogP contribution is 2.29. The molecule has 1 N–H and O–H groups in total. The van der Waals surface area contributed by atoms with Crippen LogP contribution >= 0.6 is 0 Å². The smallest absolute Gasteiger partial charge is 0.320 e. The van der Waals surface area contributed by atoms with Gasteiger partial charge in [0.2, 0.25) is 0 Å². The molecule has 1 unspecified atom stereocenters. The van der Waals surface area contributed by atoms with Crippen LogP contribution < -0.4 is 4.74 Å². The lowest BCUT2D eigenvalue weighted by Crippen LogP contribution is -2.35. The third-order valence-electron chi connectivity index (χ3n) is 3.64. The van der Waals surface area contributed by atoms with E-state index in [9.17, 15) is 4.79 Å². The van der Waals surface area contributed by atoms with Gasteiger partial charge in [0.15, 0.2) is 0 Å². The van der Waals surface area contributed by atoms with Gasteiger partial charge in [0.1, 0.15) is 11.8 Å². The molecule has 2 aromatic carbocycles. The minimum Gasteiger partial charge on any atom is -0.496 e. The Labute approximate surface area is 118 Å². The minimum atomic E-state index is -0.827. The molecule has 0 aliphatic heterocycles. The number of rotatable bonds is 5. The summed E-state index contributed by atoms with van der Waals surface area (Å²) in [6.07, 6.45) is 0. The van der Waals surface area contributed by atoms with Gasteiger partial charge in [-0.3, -0.25) is 9.69 Å². The molecule has 0 radical (unpaired) electrons. The Hall–Kier alpha value is -2.07. The van der Waals surface area contributed by atoms with Crippen molar-refractivity contribution in [3.8, 4) is 5.75 Å². The van der Waals surface area contributed by atoms with Crippen molar-refractivity contribution in [2.24, 2.45) is 0 Å². The fourth-order valence-electron chi connectivity index (χ4n) is 2.25. The number of carboxylic acid groups (broad SMARTS) is 1. The maximum Gasteiger partial charge on any atom is 0.320 e. The maximum atomic E-state index is 11.1. The number of methoxy groups -OCH3 is 1. The molecule has 4 heteroatoms. The number of hydrogen-bond acceptors (Lipinski definition) is 3. The summed E-state index contributed by atoms with van der Waals surface area (Å²) in [4.78, 5) is 12.9. The first-order valence-corrected chi connectivity index (χ1v) is 6.52. The summed E-state index contributed by atoms with van der Waals surface area (Å²) in [5, 5.41) is 11.3. The lowest BCUT2D eigenvalue weighted by molar-refractivity contribution is -0.142. The van der Waals surface area contributed by atoms with E-state index >= 15 is 0 Å². The number of carbonyl (C=O) groups is 1.